The van der Waals surface area contributed by atoms with Crippen LogP contribution in [-0.4, -0.2) is 27.5 Å². The molecule has 0 saturated carbocycles. The van der Waals surface area contributed by atoms with Crippen LogP contribution in [0, 0.1) is 5.92 Å². The number of hydrogen-bond acceptors (Lipinski definition) is 4. The standard InChI is InChI=1S/C13H17BrClNO4S/c1-4-8(2)12(13(17)20-3)16-21(18,19)11-6-5-9(14)7-10(11)15/h5-8,12,16H,4H2,1-3H3/t8-,12-/m0/s1. The van der Waals surface area contributed by atoms with Crippen LogP contribution in [0.15, 0.2) is 27.6 Å². The summed E-state index contributed by atoms with van der Waals surface area (Å²) in [4.78, 5) is 11.7. The zero-order valence-electron chi connectivity index (χ0n) is 11.9. The van der Waals surface area contributed by atoms with Crippen LogP contribution in [0.1, 0.15) is 20.3 Å². The molecule has 8 heteroatoms. The second kappa shape index (κ2) is 7.58. The number of halogens is 2. The lowest BCUT2D eigenvalue weighted by molar-refractivity contribution is -0.143. The number of carbonyl (C=O) groups is 1. The van der Waals surface area contributed by atoms with E-state index in [4.69, 9.17) is 11.6 Å². The molecule has 0 fully saturated rings. The molecule has 1 aromatic rings. The Hall–Kier alpha value is -0.630. The highest BCUT2D eigenvalue weighted by molar-refractivity contribution is 9.10. The zero-order chi connectivity index (χ0) is 16.2. The van der Waals surface area contributed by atoms with Crippen molar-refractivity contribution in [3.05, 3.63) is 27.7 Å². The molecule has 0 spiro atoms. The molecule has 1 rings (SSSR count). The minimum absolute atomic E-state index is 0.0737. The first-order valence-electron chi connectivity index (χ1n) is 6.28. The molecule has 0 radical (unpaired) electrons. The lowest BCUT2D eigenvalue weighted by atomic mass is 10.0. The van der Waals surface area contributed by atoms with E-state index in [-0.39, 0.29) is 15.8 Å². The van der Waals surface area contributed by atoms with Gasteiger partial charge in [-0.15, -0.1) is 0 Å². The van der Waals surface area contributed by atoms with Crippen molar-refractivity contribution < 1.29 is 17.9 Å². The molecule has 0 aliphatic rings. The molecule has 0 aliphatic carbocycles. The van der Waals surface area contributed by atoms with Crippen LogP contribution in [0.5, 0.6) is 0 Å². The third-order valence-corrected chi connectivity index (χ3v) is 5.55. The minimum atomic E-state index is -3.92. The largest absolute Gasteiger partial charge is 0.468 e. The van der Waals surface area contributed by atoms with E-state index in [1.165, 1.54) is 19.2 Å². The van der Waals surface area contributed by atoms with Crippen LogP contribution in [0.3, 0.4) is 0 Å². The summed E-state index contributed by atoms with van der Waals surface area (Å²) >= 11 is 9.17. The first-order chi connectivity index (χ1) is 9.72. The molecule has 21 heavy (non-hydrogen) atoms. The van der Waals surface area contributed by atoms with Crippen molar-refractivity contribution in [2.75, 3.05) is 7.11 Å². The van der Waals surface area contributed by atoms with Gasteiger partial charge >= 0.3 is 5.97 Å². The van der Waals surface area contributed by atoms with Crippen molar-refractivity contribution in [1.82, 2.24) is 4.72 Å². The third kappa shape index (κ3) is 4.67. The van der Waals surface area contributed by atoms with E-state index in [1.807, 2.05) is 6.92 Å². The molecule has 1 aromatic carbocycles. The van der Waals surface area contributed by atoms with Gasteiger partial charge < -0.3 is 4.74 Å². The van der Waals surface area contributed by atoms with Gasteiger partial charge in [0, 0.05) is 4.47 Å². The number of rotatable bonds is 6. The Balaban J connectivity index is 3.14. The first-order valence-corrected chi connectivity index (χ1v) is 8.93. The summed E-state index contributed by atoms with van der Waals surface area (Å²) in [6.45, 7) is 3.63. The van der Waals surface area contributed by atoms with Gasteiger partial charge in [-0.05, 0) is 24.1 Å². The maximum atomic E-state index is 12.4. The van der Waals surface area contributed by atoms with Crippen molar-refractivity contribution >= 4 is 43.5 Å². The van der Waals surface area contributed by atoms with Crippen LogP contribution in [0.2, 0.25) is 5.02 Å². The molecule has 0 aromatic heterocycles. The first kappa shape index (κ1) is 18.4. The van der Waals surface area contributed by atoms with Crippen molar-refractivity contribution in [1.29, 1.82) is 0 Å². The summed E-state index contributed by atoms with van der Waals surface area (Å²) in [7, 11) is -2.70. The fraction of sp³-hybridized carbons (Fsp3) is 0.462. The van der Waals surface area contributed by atoms with Crippen LogP contribution in [-0.2, 0) is 19.6 Å². The SMILES string of the molecule is CC[C@H](C)[C@H](NS(=O)(=O)c1ccc(Br)cc1Cl)C(=O)OC. The average Bonchev–Trinajstić information content (AvgIpc) is 2.42. The van der Waals surface area contributed by atoms with Gasteiger partial charge in [0.25, 0.3) is 0 Å². The molecule has 0 heterocycles. The second-order valence-corrected chi connectivity index (χ2v) is 7.59. The number of methoxy groups -OCH3 is 1. The van der Waals surface area contributed by atoms with Crippen LogP contribution < -0.4 is 4.72 Å². The summed E-state index contributed by atoms with van der Waals surface area (Å²) in [5.41, 5.74) is 0. The van der Waals surface area contributed by atoms with Gasteiger partial charge in [-0.1, -0.05) is 47.8 Å². The Morgan fingerprint density at radius 2 is 2.10 bits per heavy atom. The van der Waals surface area contributed by atoms with E-state index in [2.05, 4.69) is 25.4 Å². The Morgan fingerprint density at radius 1 is 1.48 bits per heavy atom. The number of carbonyl (C=O) groups excluding carboxylic acids is 1. The molecule has 0 aliphatic heterocycles. The maximum absolute atomic E-state index is 12.4. The molecule has 0 unspecified atom stereocenters. The monoisotopic (exact) mass is 397 g/mol. The van der Waals surface area contributed by atoms with Gasteiger partial charge in [-0.25, -0.2) is 8.42 Å². The van der Waals surface area contributed by atoms with Gasteiger partial charge in [0.1, 0.15) is 10.9 Å². The van der Waals surface area contributed by atoms with Gasteiger partial charge in [0.2, 0.25) is 10.0 Å². The predicted octanol–water partition coefficient (Wildman–Crippen LogP) is 2.97. The number of nitrogens with one attached hydrogen (secondary N) is 1. The minimum Gasteiger partial charge on any atom is -0.468 e. The van der Waals surface area contributed by atoms with Crippen molar-refractivity contribution in [2.24, 2.45) is 5.92 Å². The maximum Gasteiger partial charge on any atom is 0.324 e. The lowest BCUT2D eigenvalue weighted by Gasteiger charge is -2.22. The summed E-state index contributed by atoms with van der Waals surface area (Å²) in [6, 6.07) is 3.47. The number of benzene rings is 1. The van der Waals surface area contributed by atoms with Gasteiger partial charge in [-0.2, -0.15) is 4.72 Å². The van der Waals surface area contributed by atoms with Crippen molar-refractivity contribution in [3.63, 3.8) is 0 Å². The molecule has 1 N–H and O–H groups in total. The smallest absolute Gasteiger partial charge is 0.324 e. The molecule has 118 valence electrons. The van der Waals surface area contributed by atoms with Gasteiger partial charge in [-0.3, -0.25) is 4.79 Å². The van der Waals surface area contributed by atoms with Crippen molar-refractivity contribution in [2.45, 2.75) is 31.2 Å². The second-order valence-electron chi connectivity index (χ2n) is 4.58. The highest BCUT2D eigenvalue weighted by Gasteiger charge is 2.31. The summed E-state index contributed by atoms with van der Waals surface area (Å²) < 4.78 is 32.5. The number of hydrogen-bond donors (Lipinski definition) is 1. The molecule has 5 nitrogen and oxygen atoms in total. The Kier molecular flexibility index (Phi) is 6.65. The van der Waals surface area contributed by atoms with Crippen molar-refractivity contribution in [3.8, 4) is 0 Å². The van der Waals surface area contributed by atoms with E-state index in [0.717, 1.165) is 0 Å². The fourth-order valence-electron chi connectivity index (χ4n) is 1.68. The quantitative estimate of drug-likeness (QED) is 0.748. The van der Waals surface area contributed by atoms with E-state index in [1.54, 1.807) is 13.0 Å². The topological polar surface area (TPSA) is 72.5 Å². The molecule has 0 amide bonds. The number of sulfonamides is 1. The molecule has 2 atom stereocenters. The Labute approximate surface area is 138 Å². The highest BCUT2D eigenvalue weighted by atomic mass is 79.9. The third-order valence-electron chi connectivity index (χ3n) is 3.13. The molecular weight excluding hydrogens is 382 g/mol. The van der Waals surface area contributed by atoms with E-state index in [0.29, 0.717) is 10.9 Å². The number of ether oxygens (including phenoxy) is 1. The average molecular weight is 399 g/mol. The number of esters is 1. The summed E-state index contributed by atoms with van der Waals surface area (Å²) in [5.74, 6) is -0.831. The predicted molar refractivity (Wildman–Crippen MR) is 84.7 cm³/mol. The normalized spacial score (nSPS) is 14.5. The van der Waals surface area contributed by atoms with Crippen LogP contribution >= 0.6 is 27.5 Å². The van der Waals surface area contributed by atoms with Gasteiger partial charge in [0.05, 0.1) is 12.1 Å². The fourth-order valence-corrected chi connectivity index (χ4v) is 4.01. The van der Waals surface area contributed by atoms with E-state index in [9.17, 15) is 13.2 Å². The Bertz CT molecular complexity index is 621. The molecule has 0 bridgehead atoms. The van der Waals surface area contributed by atoms with Gasteiger partial charge in [0.15, 0.2) is 0 Å². The Morgan fingerprint density at radius 3 is 2.57 bits per heavy atom. The highest BCUT2D eigenvalue weighted by Crippen LogP contribution is 2.26. The van der Waals surface area contributed by atoms with Crippen LogP contribution in [0.4, 0.5) is 0 Å². The lowest BCUT2D eigenvalue weighted by Crippen LogP contribution is -2.45. The van der Waals surface area contributed by atoms with Crippen LogP contribution in [0.25, 0.3) is 0 Å². The summed E-state index contributed by atoms with van der Waals surface area (Å²) in [5, 5.41) is 0.0737. The zero-order valence-corrected chi connectivity index (χ0v) is 15.0. The summed E-state index contributed by atoms with van der Waals surface area (Å²) in [6.07, 6.45) is 0.621. The van der Waals surface area contributed by atoms with E-state index >= 15 is 0 Å². The van der Waals surface area contributed by atoms with E-state index < -0.39 is 22.0 Å². The molecule has 0 saturated heterocycles. The molecular formula is C13H17BrClNO4S.